The van der Waals surface area contributed by atoms with Crippen LogP contribution in [-0.4, -0.2) is 11.0 Å². The summed E-state index contributed by atoms with van der Waals surface area (Å²) in [5, 5.41) is 10.5. The van der Waals surface area contributed by atoms with Gasteiger partial charge in [0.2, 0.25) is 0 Å². The molecular formula is C14H13ClFNO2. The van der Waals surface area contributed by atoms with Crippen molar-refractivity contribution in [1.82, 2.24) is 0 Å². The zero-order valence-electron chi connectivity index (χ0n) is 9.92. The average molecular weight is 282 g/mol. The normalized spacial score (nSPS) is 13.2. The zero-order chi connectivity index (χ0) is 13.2. The van der Waals surface area contributed by atoms with E-state index in [1.54, 1.807) is 30.3 Å². The van der Waals surface area contributed by atoms with Gasteiger partial charge in [0.25, 0.3) is 5.91 Å². The summed E-state index contributed by atoms with van der Waals surface area (Å²) < 4.78 is 12.9. The van der Waals surface area contributed by atoms with Crippen molar-refractivity contribution in [1.29, 1.82) is 0 Å². The van der Waals surface area contributed by atoms with Gasteiger partial charge in [0.05, 0.1) is 0 Å². The van der Waals surface area contributed by atoms with Crippen molar-refractivity contribution in [3.63, 3.8) is 0 Å². The summed E-state index contributed by atoms with van der Waals surface area (Å²) >= 11 is 0. The van der Waals surface area contributed by atoms with E-state index < -0.39 is 17.3 Å². The van der Waals surface area contributed by atoms with Crippen LogP contribution in [0.15, 0.2) is 54.6 Å². The Bertz CT molecular complexity index is 559. The first-order chi connectivity index (χ1) is 8.55. The van der Waals surface area contributed by atoms with Crippen LogP contribution in [-0.2, 0) is 10.4 Å². The summed E-state index contributed by atoms with van der Waals surface area (Å²) in [6.45, 7) is 0. The van der Waals surface area contributed by atoms with E-state index in [0.717, 1.165) is 0 Å². The second-order valence-electron chi connectivity index (χ2n) is 3.95. The lowest BCUT2D eigenvalue weighted by Gasteiger charge is -2.25. The molecule has 1 amide bonds. The predicted octanol–water partition coefficient (Wildman–Crippen LogP) is 1.97. The quantitative estimate of drug-likeness (QED) is 0.903. The third-order valence-electron chi connectivity index (χ3n) is 2.81. The van der Waals surface area contributed by atoms with Gasteiger partial charge in [-0.05, 0) is 23.3 Å². The van der Waals surface area contributed by atoms with Crippen LogP contribution in [0.2, 0.25) is 0 Å². The first kappa shape index (κ1) is 15.1. The Morgan fingerprint density at radius 2 is 1.47 bits per heavy atom. The fraction of sp³-hybridized carbons (Fsp3) is 0.0714. The molecule has 0 spiro atoms. The predicted molar refractivity (Wildman–Crippen MR) is 72.3 cm³/mol. The minimum atomic E-state index is -1.95. The highest BCUT2D eigenvalue weighted by molar-refractivity contribution is 5.88. The molecule has 0 aliphatic rings. The van der Waals surface area contributed by atoms with Crippen LogP contribution in [0.5, 0.6) is 0 Å². The summed E-state index contributed by atoms with van der Waals surface area (Å²) in [7, 11) is 0. The number of primary amides is 1. The number of hydrogen-bond donors (Lipinski definition) is 2. The highest BCUT2D eigenvalue weighted by atomic mass is 35.5. The fourth-order valence-electron chi connectivity index (χ4n) is 1.82. The van der Waals surface area contributed by atoms with Crippen LogP contribution < -0.4 is 5.73 Å². The summed E-state index contributed by atoms with van der Waals surface area (Å²) in [5.74, 6) is -1.35. The van der Waals surface area contributed by atoms with E-state index in [1.807, 2.05) is 0 Å². The van der Waals surface area contributed by atoms with E-state index in [4.69, 9.17) is 5.73 Å². The van der Waals surface area contributed by atoms with Crippen LogP contribution in [0.1, 0.15) is 11.1 Å². The third-order valence-corrected chi connectivity index (χ3v) is 2.81. The molecule has 0 fully saturated rings. The highest BCUT2D eigenvalue weighted by Gasteiger charge is 2.37. The van der Waals surface area contributed by atoms with E-state index in [0.29, 0.717) is 5.56 Å². The molecule has 3 nitrogen and oxygen atoms in total. The molecule has 0 saturated heterocycles. The zero-order valence-corrected chi connectivity index (χ0v) is 10.7. The van der Waals surface area contributed by atoms with Gasteiger partial charge in [0.15, 0.2) is 5.60 Å². The summed E-state index contributed by atoms with van der Waals surface area (Å²) in [6, 6.07) is 13.3. The van der Waals surface area contributed by atoms with Crippen molar-refractivity contribution in [2.24, 2.45) is 5.73 Å². The SMILES string of the molecule is Cl.NC(=O)C(O)(c1ccccc1)c1ccc(F)cc1. The molecule has 5 heteroatoms. The second-order valence-corrected chi connectivity index (χ2v) is 3.95. The molecule has 0 aliphatic carbocycles. The van der Waals surface area contributed by atoms with Crippen molar-refractivity contribution in [3.8, 4) is 0 Å². The number of aliphatic hydroxyl groups is 1. The minimum Gasteiger partial charge on any atom is -0.372 e. The van der Waals surface area contributed by atoms with Crippen LogP contribution >= 0.6 is 12.4 Å². The molecule has 2 aromatic rings. The van der Waals surface area contributed by atoms with Gasteiger partial charge >= 0.3 is 0 Å². The Morgan fingerprint density at radius 3 is 1.95 bits per heavy atom. The van der Waals surface area contributed by atoms with E-state index in [-0.39, 0.29) is 18.0 Å². The van der Waals surface area contributed by atoms with Gasteiger partial charge < -0.3 is 10.8 Å². The molecule has 0 radical (unpaired) electrons. The Labute approximate surface area is 116 Å². The van der Waals surface area contributed by atoms with Crippen molar-refractivity contribution < 1.29 is 14.3 Å². The second kappa shape index (κ2) is 5.82. The average Bonchev–Trinajstić information content (AvgIpc) is 2.39. The topological polar surface area (TPSA) is 63.3 Å². The van der Waals surface area contributed by atoms with Crippen molar-refractivity contribution in [2.75, 3.05) is 0 Å². The molecule has 0 saturated carbocycles. The fourth-order valence-corrected chi connectivity index (χ4v) is 1.82. The lowest BCUT2D eigenvalue weighted by Crippen LogP contribution is -2.42. The molecule has 1 unspecified atom stereocenters. The van der Waals surface area contributed by atoms with Crippen molar-refractivity contribution >= 4 is 18.3 Å². The van der Waals surface area contributed by atoms with Crippen LogP contribution in [0, 0.1) is 5.82 Å². The van der Waals surface area contributed by atoms with Crippen molar-refractivity contribution in [3.05, 3.63) is 71.5 Å². The van der Waals surface area contributed by atoms with Crippen LogP contribution in [0.3, 0.4) is 0 Å². The standard InChI is InChI=1S/C14H12FNO2.ClH/c15-12-8-6-11(7-9-12)14(18,13(16)17)10-4-2-1-3-5-10;/h1-9,18H,(H2,16,17);1H. The van der Waals surface area contributed by atoms with Crippen LogP contribution in [0.25, 0.3) is 0 Å². The first-order valence-electron chi connectivity index (χ1n) is 5.39. The first-order valence-corrected chi connectivity index (χ1v) is 5.39. The Balaban J connectivity index is 0.00000180. The number of hydrogen-bond acceptors (Lipinski definition) is 2. The Morgan fingerprint density at radius 1 is 1.00 bits per heavy atom. The number of nitrogens with two attached hydrogens (primary N) is 1. The van der Waals surface area contributed by atoms with Crippen molar-refractivity contribution in [2.45, 2.75) is 5.60 Å². The van der Waals surface area contributed by atoms with Gasteiger partial charge in [0.1, 0.15) is 5.82 Å². The molecule has 0 bridgehead atoms. The smallest absolute Gasteiger partial charge is 0.258 e. The Hall–Kier alpha value is -1.91. The molecule has 100 valence electrons. The highest BCUT2D eigenvalue weighted by Crippen LogP contribution is 2.29. The maximum Gasteiger partial charge on any atom is 0.258 e. The van der Waals surface area contributed by atoms with Crippen LogP contribution in [0.4, 0.5) is 4.39 Å². The summed E-state index contributed by atoms with van der Waals surface area (Å²) in [5.41, 5.74) is 3.93. The van der Waals surface area contributed by atoms with Gasteiger partial charge in [-0.15, -0.1) is 12.4 Å². The van der Waals surface area contributed by atoms with Gasteiger partial charge in [-0.3, -0.25) is 4.79 Å². The number of rotatable bonds is 3. The molecule has 2 rings (SSSR count). The largest absolute Gasteiger partial charge is 0.372 e. The lowest BCUT2D eigenvalue weighted by molar-refractivity contribution is -0.133. The monoisotopic (exact) mass is 281 g/mol. The minimum absolute atomic E-state index is 0. The number of amides is 1. The third kappa shape index (κ3) is 2.75. The molecular weight excluding hydrogens is 269 g/mol. The molecule has 3 N–H and O–H groups in total. The van der Waals surface area contributed by atoms with E-state index >= 15 is 0 Å². The molecule has 0 aromatic heterocycles. The maximum atomic E-state index is 12.9. The molecule has 19 heavy (non-hydrogen) atoms. The van der Waals surface area contributed by atoms with E-state index in [9.17, 15) is 14.3 Å². The van der Waals surface area contributed by atoms with Gasteiger partial charge in [0, 0.05) is 0 Å². The summed E-state index contributed by atoms with van der Waals surface area (Å²) in [4.78, 5) is 11.6. The van der Waals surface area contributed by atoms with E-state index in [2.05, 4.69) is 0 Å². The molecule has 2 aromatic carbocycles. The van der Waals surface area contributed by atoms with Gasteiger partial charge in [-0.2, -0.15) is 0 Å². The van der Waals surface area contributed by atoms with Gasteiger partial charge in [-0.25, -0.2) is 4.39 Å². The number of benzene rings is 2. The number of halogens is 2. The molecule has 0 aliphatic heterocycles. The Kier molecular flexibility index (Phi) is 4.64. The van der Waals surface area contributed by atoms with Gasteiger partial charge in [-0.1, -0.05) is 42.5 Å². The maximum absolute atomic E-state index is 12.9. The number of carbonyl (C=O) groups excluding carboxylic acids is 1. The van der Waals surface area contributed by atoms with E-state index in [1.165, 1.54) is 24.3 Å². The molecule has 0 heterocycles. The lowest BCUT2D eigenvalue weighted by atomic mass is 9.86. The summed E-state index contributed by atoms with van der Waals surface area (Å²) in [6.07, 6.45) is 0. The molecule has 1 atom stereocenters. The number of carbonyl (C=O) groups is 1.